The van der Waals surface area contributed by atoms with Crippen molar-refractivity contribution in [3.05, 3.63) is 72.2 Å². The number of aliphatic hydroxyl groups is 1. The van der Waals surface area contributed by atoms with Crippen LogP contribution in [0.3, 0.4) is 0 Å². The van der Waals surface area contributed by atoms with Gasteiger partial charge in [-0.2, -0.15) is 0 Å². The molecule has 8 heteroatoms. The summed E-state index contributed by atoms with van der Waals surface area (Å²) in [5.74, 6) is -0.0546. The van der Waals surface area contributed by atoms with Crippen LogP contribution in [0.4, 0.5) is 5.69 Å². The largest absolute Gasteiger partial charge is 0.385 e. The van der Waals surface area contributed by atoms with Gasteiger partial charge in [-0.05, 0) is 37.8 Å². The van der Waals surface area contributed by atoms with Crippen LogP contribution in [-0.4, -0.2) is 77.0 Å². The number of nitrogens with one attached hydrogen (secondary N) is 2. The average Bonchev–Trinajstić information content (AvgIpc) is 3.39. The molecule has 8 nitrogen and oxygen atoms in total. The summed E-state index contributed by atoms with van der Waals surface area (Å²) in [6.45, 7) is 5.26. The first-order valence-corrected chi connectivity index (χ1v) is 14.2. The average molecular weight is 532 g/mol. The Kier molecular flexibility index (Phi) is 8.65. The van der Waals surface area contributed by atoms with Gasteiger partial charge in [0.25, 0.3) is 5.91 Å². The summed E-state index contributed by atoms with van der Waals surface area (Å²) in [5.41, 5.74) is 3.48. The predicted molar refractivity (Wildman–Crippen MR) is 154 cm³/mol. The number of aryl methyl sites for hydroxylation is 1. The third-order valence-electron chi connectivity index (χ3n) is 8.28. The monoisotopic (exact) mass is 531 g/mol. The highest BCUT2D eigenvalue weighted by Crippen LogP contribution is 2.41. The Bertz CT molecular complexity index is 1240. The second-order valence-corrected chi connectivity index (χ2v) is 10.9. The smallest absolute Gasteiger partial charge is 0.275 e. The molecule has 0 bridgehead atoms. The lowest BCUT2D eigenvalue weighted by Gasteiger charge is -2.41. The van der Waals surface area contributed by atoms with E-state index in [2.05, 4.69) is 29.7 Å². The summed E-state index contributed by atoms with van der Waals surface area (Å²) in [6, 6.07) is 18.1. The number of amides is 1. The molecule has 3 N–H and O–H groups in total. The van der Waals surface area contributed by atoms with Gasteiger partial charge in [0.1, 0.15) is 5.60 Å². The number of anilines is 1. The van der Waals surface area contributed by atoms with Gasteiger partial charge in [-0.1, -0.05) is 61.4 Å². The zero-order valence-electron chi connectivity index (χ0n) is 23.1. The molecule has 1 amide bonds. The van der Waals surface area contributed by atoms with E-state index in [9.17, 15) is 9.90 Å². The van der Waals surface area contributed by atoms with Gasteiger partial charge in [0.2, 0.25) is 0 Å². The van der Waals surface area contributed by atoms with Crippen molar-refractivity contribution in [2.45, 2.75) is 56.7 Å². The number of hydrogen-bond donors (Lipinski definition) is 3. The van der Waals surface area contributed by atoms with Crippen molar-refractivity contribution in [1.29, 1.82) is 0 Å². The van der Waals surface area contributed by atoms with Gasteiger partial charge in [-0.25, -0.2) is 4.98 Å². The summed E-state index contributed by atoms with van der Waals surface area (Å²) in [6.07, 6.45) is 6.02. The number of rotatable bonds is 9. The number of para-hydroxylation sites is 1. The van der Waals surface area contributed by atoms with E-state index in [4.69, 9.17) is 9.72 Å². The highest BCUT2D eigenvalue weighted by molar-refractivity contribution is 5.98. The van der Waals surface area contributed by atoms with Crippen molar-refractivity contribution in [3.63, 3.8) is 0 Å². The van der Waals surface area contributed by atoms with Crippen molar-refractivity contribution >= 4 is 11.6 Å². The van der Waals surface area contributed by atoms with Gasteiger partial charge in [0.05, 0.1) is 24.7 Å². The molecule has 1 aliphatic carbocycles. The van der Waals surface area contributed by atoms with E-state index < -0.39 is 5.60 Å². The van der Waals surface area contributed by atoms with E-state index in [1.165, 1.54) is 5.56 Å². The van der Waals surface area contributed by atoms with Gasteiger partial charge in [-0.3, -0.25) is 4.79 Å². The first-order chi connectivity index (χ1) is 19.0. The Morgan fingerprint density at radius 1 is 1.18 bits per heavy atom. The number of ether oxygens (including phenoxy) is 1. The zero-order chi connectivity index (χ0) is 27.2. The Balaban J connectivity index is 1.43. The molecule has 208 valence electrons. The number of imidazole rings is 1. The van der Waals surface area contributed by atoms with Crippen LogP contribution in [-0.2, 0) is 4.74 Å². The fraction of sp³-hybridized carbons (Fsp3) is 0.484. The molecule has 0 spiro atoms. The summed E-state index contributed by atoms with van der Waals surface area (Å²) in [4.78, 5) is 20.9. The van der Waals surface area contributed by atoms with Gasteiger partial charge >= 0.3 is 0 Å². The molecule has 3 atom stereocenters. The predicted octanol–water partition coefficient (Wildman–Crippen LogP) is 4.27. The van der Waals surface area contributed by atoms with Crippen LogP contribution in [0.2, 0.25) is 0 Å². The lowest BCUT2D eigenvalue weighted by molar-refractivity contribution is -0.0893. The summed E-state index contributed by atoms with van der Waals surface area (Å²) < 4.78 is 7.49. The maximum Gasteiger partial charge on any atom is 0.275 e. The van der Waals surface area contributed by atoms with Crippen LogP contribution in [0.25, 0.3) is 11.3 Å². The second kappa shape index (κ2) is 12.3. The van der Waals surface area contributed by atoms with E-state index in [0.717, 1.165) is 62.3 Å². The highest BCUT2D eigenvalue weighted by atomic mass is 16.5. The molecule has 1 aromatic heterocycles. The molecule has 2 heterocycles. The highest BCUT2D eigenvalue weighted by Gasteiger charge is 2.42. The van der Waals surface area contributed by atoms with Crippen LogP contribution in [0.15, 0.2) is 60.9 Å². The molecule has 39 heavy (non-hydrogen) atoms. The number of carbonyl (C=O) groups is 1. The number of aromatic nitrogens is 2. The maximum absolute atomic E-state index is 14.2. The lowest BCUT2D eigenvalue weighted by Crippen LogP contribution is -2.54. The van der Waals surface area contributed by atoms with Gasteiger partial charge in [-0.15, -0.1) is 0 Å². The van der Waals surface area contributed by atoms with Gasteiger partial charge in [0, 0.05) is 50.6 Å². The molecule has 5 rings (SSSR count). The fourth-order valence-corrected chi connectivity index (χ4v) is 6.22. The minimum Gasteiger partial charge on any atom is -0.385 e. The summed E-state index contributed by atoms with van der Waals surface area (Å²) in [7, 11) is 1.63. The van der Waals surface area contributed by atoms with Crippen molar-refractivity contribution in [1.82, 2.24) is 19.8 Å². The first kappa shape index (κ1) is 27.4. The van der Waals surface area contributed by atoms with Crippen LogP contribution >= 0.6 is 0 Å². The number of methoxy groups -OCH3 is 1. The Hall–Kier alpha value is -3.20. The zero-order valence-corrected chi connectivity index (χ0v) is 23.1. The number of benzene rings is 2. The maximum atomic E-state index is 14.2. The van der Waals surface area contributed by atoms with Crippen molar-refractivity contribution in [2.24, 2.45) is 0 Å². The Labute approximate surface area is 231 Å². The van der Waals surface area contributed by atoms with Crippen LogP contribution < -0.4 is 10.6 Å². The van der Waals surface area contributed by atoms with E-state index in [1.807, 2.05) is 51.9 Å². The second-order valence-electron chi connectivity index (χ2n) is 10.9. The van der Waals surface area contributed by atoms with E-state index in [0.29, 0.717) is 18.7 Å². The van der Waals surface area contributed by atoms with Crippen LogP contribution in [0, 0.1) is 6.92 Å². The van der Waals surface area contributed by atoms with E-state index >= 15 is 0 Å². The molecule has 1 saturated carbocycles. The SMILES string of the molecule is COC[C@]1(O)CCCC[C@H]1n1cnc(C(=O)N2CCNC[C@H]2CCNc2ccccc2C)c1-c1ccccc1. The van der Waals surface area contributed by atoms with Crippen LogP contribution in [0.1, 0.15) is 54.2 Å². The van der Waals surface area contributed by atoms with Crippen molar-refractivity contribution in [3.8, 4) is 11.3 Å². The Morgan fingerprint density at radius 2 is 1.97 bits per heavy atom. The first-order valence-electron chi connectivity index (χ1n) is 14.2. The topological polar surface area (TPSA) is 91.6 Å². The molecule has 0 unspecified atom stereocenters. The fourth-order valence-electron chi connectivity index (χ4n) is 6.22. The third kappa shape index (κ3) is 5.88. The third-order valence-corrected chi connectivity index (χ3v) is 8.28. The molecule has 3 aromatic rings. The van der Waals surface area contributed by atoms with E-state index in [-0.39, 0.29) is 24.6 Å². The van der Waals surface area contributed by atoms with Crippen LogP contribution in [0.5, 0.6) is 0 Å². The molecule has 1 aliphatic heterocycles. The van der Waals surface area contributed by atoms with Crippen molar-refractivity contribution in [2.75, 3.05) is 45.2 Å². The van der Waals surface area contributed by atoms with Crippen molar-refractivity contribution < 1.29 is 14.6 Å². The minimum absolute atomic E-state index is 0.0525. The van der Waals surface area contributed by atoms with Gasteiger partial charge in [0.15, 0.2) is 5.69 Å². The number of nitrogens with zero attached hydrogens (tertiary/aromatic N) is 3. The normalized spacial score (nSPS) is 23.5. The molecule has 0 radical (unpaired) electrons. The quantitative estimate of drug-likeness (QED) is 0.382. The summed E-state index contributed by atoms with van der Waals surface area (Å²) in [5, 5.41) is 18.6. The number of carbonyl (C=O) groups excluding carboxylic acids is 1. The molecule has 2 aliphatic rings. The van der Waals surface area contributed by atoms with Gasteiger partial charge < -0.3 is 29.9 Å². The Morgan fingerprint density at radius 3 is 2.77 bits per heavy atom. The molecule has 2 aromatic carbocycles. The standard InChI is InChI=1S/C31H41N5O3/c1-23-10-6-7-13-26(23)33-17-15-25-20-32-18-19-35(25)30(37)28-29(24-11-4-3-5-12-24)36(22-34-28)27-14-8-9-16-31(27,38)21-39-2/h3-7,10-13,22,25,27,32-33,38H,8-9,14-21H2,1-2H3/t25-,27-,31-/m1/s1. The molecule has 2 fully saturated rings. The number of hydrogen-bond acceptors (Lipinski definition) is 6. The minimum atomic E-state index is -1.00. The molecular formula is C31H41N5O3. The lowest BCUT2D eigenvalue weighted by atomic mass is 9.80. The molecular weight excluding hydrogens is 490 g/mol. The summed E-state index contributed by atoms with van der Waals surface area (Å²) >= 11 is 0. The van der Waals surface area contributed by atoms with E-state index in [1.54, 1.807) is 13.4 Å². The number of piperazine rings is 1. The molecule has 1 saturated heterocycles.